The van der Waals surface area contributed by atoms with Crippen molar-refractivity contribution in [2.45, 2.75) is 26.5 Å². The minimum Gasteiger partial charge on any atom is -0.435 e. The average molecular weight is 297 g/mol. The zero-order chi connectivity index (χ0) is 15.4. The number of hydrogen-bond acceptors (Lipinski definition) is 3. The van der Waals surface area contributed by atoms with Crippen LogP contribution in [-0.2, 0) is 11.3 Å². The Balaban J connectivity index is 2.03. The Kier molecular flexibility index (Phi) is 4.72. The fraction of sp³-hybridized carbons (Fsp3) is 0.429. The normalized spacial score (nSPS) is 11.1. The largest absolute Gasteiger partial charge is 0.435 e. The van der Waals surface area contributed by atoms with Gasteiger partial charge in [0, 0.05) is 32.4 Å². The summed E-state index contributed by atoms with van der Waals surface area (Å²) in [5.74, 6) is 0.141. The minimum atomic E-state index is -2.83. The first-order chi connectivity index (χ1) is 9.97. The van der Waals surface area contributed by atoms with Gasteiger partial charge < -0.3 is 9.64 Å². The molecule has 114 valence electrons. The highest BCUT2D eigenvalue weighted by Crippen LogP contribution is 2.22. The van der Waals surface area contributed by atoms with Crippen molar-refractivity contribution in [3.63, 3.8) is 0 Å². The molecule has 1 aromatic heterocycles. The summed E-state index contributed by atoms with van der Waals surface area (Å²) in [7, 11) is 1.75. The van der Waals surface area contributed by atoms with Crippen LogP contribution in [0.25, 0.3) is 10.9 Å². The van der Waals surface area contributed by atoms with E-state index in [2.05, 4.69) is 9.84 Å². The lowest BCUT2D eigenvalue weighted by atomic mass is 10.2. The maximum atomic E-state index is 12.2. The molecule has 5 nitrogen and oxygen atoms in total. The first-order valence-electron chi connectivity index (χ1n) is 6.59. The number of ether oxygens (including phenoxy) is 1. The Labute approximate surface area is 121 Å². The zero-order valence-corrected chi connectivity index (χ0v) is 11.9. The summed E-state index contributed by atoms with van der Waals surface area (Å²) in [6, 6.07) is 4.73. The van der Waals surface area contributed by atoms with Crippen LogP contribution in [0.1, 0.15) is 13.3 Å². The molecule has 1 aromatic carbocycles. The molecule has 0 aliphatic heterocycles. The highest BCUT2D eigenvalue weighted by Gasteiger charge is 2.08. The second-order valence-electron chi connectivity index (χ2n) is 4.76. The molecule has 2 aromatic rings. The third-order valence-corrected chi connectivity index (χ3v) is 3.24. The van der Waals surface area contributed by atoms with Crippen LogP contribution in [0.5, 0.6) is 5.75 Å². The molecule has 1 amide bonds. The van der Waals surface area contributed by atoms with E-state index in [4.69, 9.17) is 0 Å². The molecule has 0 fully saturated rings. The summed E-state index contributed by atoms with van der Waals surface area (Å²) in [5.41, 5.74) is 0.849. The molecule has 0 aliphatic rings. The molecular formula is C14H17F2N3O2. The number of amides is 1. The number of hydrogen-bond donors (Lipinski definition) is 0. The van der Waals surface area contributed by atoms with Gasteiger partial charge in [-0.25, -0.2) is 0 Å². The van der Waals surface area contributed by atoms with Gasteiger partial charge in [-0.05, 0) is 24.6 Å². The van der Waals surface area contributed by atoms with E-state index in [9.17, 15) is 13.6 Å². The van der Waals surface area contributed by atoms with E-state index in [0.717, 1.165) is 17.3 Å². The first kappa shape index (κ1) is 15.2. The van der Waals surface area contributed by atoms with Gasteiger partial charge in [0.2, 0.25) is 5.91 Å². The van der Waals surface area contributed by atoms with Crippen LogP contribution >= 0.6 is 0 Å². The number of carbonyl (C=O) groups is 1. The van der Waals surface area contributed by atoms with Crippen molar-refractivity contribution in [3.05, 3.63) is 24.4 Å². The van der Waals surface area contributed by atoms with Crippen molar-refractivity contribution in [1.82, 2.24) is 14.7 Å². The van der Waals surface area contributed by atoms with E-state index in [-0.39, 0.29) is 11.7 Å². The maximum Gasteiger partial charge on any atom is 0.387 e. The Bertz CT molecular complexity index is 628. The average Bonchev–Trinajstić information content (AvgIpc) is 2.80. The number of carbonyl (C=O) groups excluding carboxylic acids is 1. The number of aryl methyl sites for hydroxylation is 1. The number of rotatable bonds is 6. The molecule has 0 radical (unpaired) electrons. The van der Waals surface area contributed by atoms with Crippen molar-refractivity contribution in [3.8, 4) is 5.75 Å². The summed E-state index contributed by atoms with van der Waals surface area (Å²) >= 11 is 0. The molecular weight excluding hydrogens is 280 g/mol. The number of nitrogens with zero attached hydrogens (tertiary/aromatic N) is 3. The highest BCUT2D eigenvalue weighted by molar-refractivity contribution is 5.80. The molecule has 0 atom stereocenters. The van der Waals surface area contributed by atoms with Crippen molar-refractivity contribution in [2.75, 3.05) is 13.6 Å². The molecule has 0 aliphatic carbocycles. The Hall–Kier alpha value is -2.18. The van der Waals surface area contributed by atoms with Crippen LogP contribution in [0, 0.1) is 0 Å². The van der Waals surface area contributed by atoms with E-state index in [1.165, 1.54) is 19.1 Å². The molecule has 0 saturated heterocycles. The van der Waals surface area contributed by atoms with Crippen LogP contribution in [0.4, 0.5) is 8.78 Å². The zero-order valence-electron chi connectivity index (χ0n) is 11.9. The number of alkyl halides is 2. The van der Waals surface area contributed by atoms with Gasteiger partial charge in [-0.15, -0.1) is 0 Å². The molecule has 2 rings (SSSR count). The van der Waals surface area contributed by atoms with Crippen molar-refractivity contribution in [2.24, 2.45) is 0 Å². The first-order valence-corrected chi connectivity index (χ1v) is 6.59. The molecule has 21 heavy (non-hydrogen) atoms. The summed E-state index contributed by atoms with van der Waals surface area (Å²) < 4.78 is 30.5. The summed E-state index contributed by atoms with van der Waals surface area (Å²) in [4.78, 5) is 12.7. The van der Waals surface area contributed by atoms with E-state index in [0.29, 0.717) is 13.1 Å². The minimum absolute atomic E-state index is 0.0223. The van der Waals surface area contributed by atoms with E-state index in [1.807, 2.05) is 0 Å². The van der Waals surface area contributed by atoms with Gasteiger partial charge in [-0.2, -0.15) is 13.9 Å². The monoisotopic (exact) mass is 297 g/mol. The van der Waals surface area contributed by atoms with Gasteiger partial charge in [0.1, 0.15) is 5.75 Å². The van der Waals surface area contributed by atoms with Gasteiger partial charge in [0.05, 0.1) is 11.7 Å². The van der Waals surface area contributed by atoms with Crippen molar-refractivity contribution < 1.29 is 18.3 Å². The third kappa shape index (κ3) is 3.90. The van der Waals surface area contributed by atoms with Gasteiger partial charge in [-0.3, -0.25) is 9.48 Å². The summed E-state index contributed by atoms with van der Waals surface area (Å²) in [5, 5.41) is 4.97. The van der Waals surface area contributed by atoms with Crippen LogP contribution in [0.15, 0.2) is 24.4 Å². The smallest absolute Gasteiger partial charge is 0.387 e. The highest BCUT2D eigenvalue weighted by atomic mass is 19.3. The van der Waals surface area contributed by atoms with Crippen LogP contribution < -0.4 is 4.74 Å². The fourth-order valence-corrected chi connectivity index (χ4v) is 2.03. The molecule has 0 saturated carbocycles. The lowest BCUT2D eigenvalue weighted by Crippen LogP contribution is -2.25. The molecule has 1 heterocycles. The fourth-order valence-electron chi connectivity index (χ4n) is 2.03. The molecule has 0 unspecified atom stereocenters. The summed E-state index contributed by atoms with van der Waals surface area (Å²) in [6.07, 6.45) is 2.38. The lowest BCUT2D eigenvalue weighted by Gasteiger charge is -2.14. The Morgan fingerprint density at radius 2 is 2.24 bits per heavy atom. The molecule has 0 bridgehead atoms. The molecule has 7 heteroatoms. The van der Waals surface area contributed by atoms with Gasteiger partial charge in [0.25, 0.3) is 0 Å². The maximum absolute atomic E-state index is 12.2. The van der Waals surface area contributed by atoms with Gasteiger partial charge in [0.15, 0.2) is 0 Å². The van der Waals surface area contributed by atoms with Crippen molar-refractivity contribution >= 4 is 16.8 Å². The van der Waals surface area contributed by atoms with E-state index in [1.54, 1.807) is 28.9 Å². The standard InChI is InChI=1S/C14H17F2N3O2/c1-10(20)18(2)6-3-7-19-13-5-4-12(21-14(15)16)8-11(13)9-17-19/h4-5,8-9,14H,3,6-7H2,1-2H3. The Morgan fingerprint density at radius 3 is 2.90 bits per heavy atom. The second-order valence-corrected chi connectivity index (χ2v) is 4.76. The lowest BCUT2D eigenvalue weighted by molar-refractivity contribution is -0.127. The molecule has 0 N–H and O–H groups in total. The van der Waals surface area contributed by atoms with Crippen LogP contribution in [-0.4, -0.2) is 40.8 Å². The number of aromatic nitrogens is 2. The van der Waals surface area contributed by atoms with Gasteiger partial charge in [-0.1, -0.05) is 0 Å². The number of benzene rings is 1. The van der Waals surface area contributed by atoms with Crippen molar-refractivity contribution in [1.29, 1.82) is 0 Å². The number of halogens is 2. The van der Waals surface area contributed by atoms with E-state index >= 15 is 0 Å². The Morgan fingerprint density at radius 1 is 1.48 bits per heavy atom. The predicted octanol–water partition coefficient (Wildman–Crippen LogP) is 2.51. The number of fused-ring (bicyclic) bond motifs is 1. The predicted molar refractivity (Wildman–Crippen MR) is 74.3 cm³/mol. The van der Waals surface area contributed by atoms with Gasteiger partial charge >= 0.3 is 6.61 Å². The second kappa shape index (κ2) is 6.51. The third-order valence-electron chi connectivity index (χ3n) is 3.24. The van der Waals surface area contributed by atoms with E-state index < -0.39 is 6.61 Å². The summed E-state index contributed by atoms with van der Waals surface area (Å²) in [6.45, 7) is -0.0209. The van der Waals surface area contributed by atoms with Crippen LogP contribution in [0.3, 0.4) is 0 Å². The SMILES string of the molecule is CC(=O)N(C)CCCn1ncc2cc(OC(F)F)ccc21. The quantitative estimate of drug-likeness (QED) is 0.823. The molecule has 0 spiro atoms. The topological polar surface area (TPSA) is 47.4 Å². The van der Waals surface area contributed by atoms with Crippen LogP contribution in [0.2, 0.25) is 0 Å².